The van der Waals surface area contributed by atoms with Crippen LogP contribution in [0.2, 0.25) is 0 Å². The molecule has 1 N–H and O–H groups in total. The maximum Gasteiger partial charge on any atom is 0.244 e. The summed E-state index contributed by atoms with van der Waals surface area (Å²) in [5.74, 6) is 0.988. The van der Waals surface area contributed by atoms with Gasteiger partial charge in [0.2, 0.25) is 11.8 Å². The monoisotopic (exact) mass is 431 g/mol. The fraction of sp³-hybridized carbons (Fsp3) is 0.360. The third-order valence-electron chi connectivity index (χ3n) is 5.94. The van der Waals surface area contributed by atoms with E-state index in [2.05, 4.69) is 58.7 Å². The molecule has 0 spiro atoms. The fourth-order valence-corrected chi connectivity index (χ4v) is 4.20. The smallest absolute Gasteiger partial charge is 0.244 e. The summed E-state index contributed by atoms with van der Waals surface area (Å²) in [4.78, 5) is 31.9. The maximum atomic E-state index is 13.0. The standard InChI is InChI=1S/C25H29N5O2/c1-17-8-10-20(11-9-17)23-7-5-4-6-21(23)14-22-15-29(13-12-26-25(22)32)24(31)16-30-19(3)27-18(2)28-30/h4-11,22H,12-16H2,1-3H3,(H,26,32). The van der Waals surface area contributed by atoms with Crippen LogP contribution in [0.4, 0.5) is 0 Å². The lowest BCUT2D eigenvalue weighted by Crippen LogP contribution is -2.39. The molecule has 1 aliphatic heterocycles. The number of hydrogen-bond acceptors (Lipinski definition) is 4. The Balaban J connectivity index is 1.53. The number of carbonyl (C=O) groups is 2. The van der Waals surface area contributed by atoms with Crippen LogP contribution in [-0.4, -0.2) is 51.1 Å². The molecule has 1 fully saturated rings. The van der Waals surface area contributed by atoms with Gasteiger partial charge >= 0.3 is 0 Å². The van der Waals surface area contributed by atoms with Gasteiger partial charge in [-0.25, -0.2) is 9.67 Å². The molecule has 0 bridgehead atoms. The highest BCUT2D eigenvalue weighted by Crippen LogP contribution is 2.27. The molecule has 7 heteroatoms. The second kappa shape index (κ2) is 9.34. The molecule has 7 nitrogen and oxygen atoms in total. The second-order valence-corrected chi connectivity index (χ2v) is 8.42. The molecule has 1 saturated heterocycles. The first-order valence-corrected chi connectivity index (χ1v) is 11.0. The van der Waals surface area contributed by atoms with Crippen molar-refractivity contribution in [2.24, 2.45) is 5.92 Å². The van der Waals surface area contributed by atoms with E-state index in [9.17, 15) is 9.59 Å². The molecule has 1 aliphatic rings. The predicted molar refractivity (Wildman–Crippen MR) is 123 cm³/mol. The summed E-state index contributed by atoms with van der Waals surface area (Å²) in [5.41, 5.74) is 4.57. The van der Waals surface area contributed by atoms with E-state index in [1.54, 1.807) is 9.58 Å². The molecular formula is C25H29N5O2. The van der Waals surface area contributed by atoms with Crippen LogP contribution in [0.15, 0.2) is 48.5 Å². The number of nitrogens with one attached hydrogen (secondary N) is 1. The average molecular weight is 432 g/mol. The molecule has 166 valence electrons. The Morgan fingerprint density at radius 1 is 1.09 bits per heavy atom. The molecule has 4 rings (SSSR count). The van der Waals surface area contributed by atoms with E-state index in [1.165, 1.54) is 5.56 Å². The van der Waals surface area contributed by atoms with Crippen molar-refractivity contribution in [2.75, 3.05) is 19.6 Å². The Kier molecular flexibility index (Phi) is 6.35. The van der Waals surface area contributed by atoms with Crippen LogP contribution >= 0.6 is 0 Å². The van der Waals surface area contributed by atoms with Crippen LogP contribution in [0, 0.1) is 26.7 Å². The summed E-state index contributed by atoms with van der Waals surface area (Å²) in [6.45, 7) is 7.19. The van der Waals surface area contributed by atoms with Crippen molar-refractivity contribution in [3.8, 4) is 11.1 Å². The van der Waals surface area contributed by atoms with Crippen molar-refractivity contribution in [3.05, 3.63) is 71.3 Å². The quantitative estimate of drug-likeness (QED) is 0.674. The van der Waals surface area contributed by atoms with Crippen molar-refractivity contribution >= 4 is 11.8 Å². The SMILES string of the molecule is Cc1ccc(-c2ccccc2CC2CN(C(=O)Cn3nc(C)nc3C)CCNC2=O)cc1. The molecule has 0 aliphatic carbocycles. The third-order valence-corrected chi connectivity index (χ3v) is 5.94. The number of amides is 2. The van der Waals surface area contributed by atoms with Crippen molar-refractivity contribution in [1.29, 1.82) is 0 Å². The average Bonchev–Trinajstić information content (AvgIpc) is 2.97. The first-order chi connectivity index (χ1) is 15.4. The summed E-state index contributed by atoms with van der Waals surface area (Å²) in [6.07, 6.45) is 0.571. The summed E-state index contributed by atoms with van der Waals surface area (Å²) in [7, 11) is 0. The molecule has 0 saturated carbocycles. The van der Waals surface area contributed by atoms with Gasteiger partial charge in [-0.15, -0.1) is 0 Å². The first kappa shape index (κ1) is 21.7. The van der Waals surface area contributed by atoms with Gasteiger partial charge in [0.1, 0.15) is 18.2 Å². The minimum absolute atomic E-state index is 0.00760. The first-order valence-electron chi connectivity index (χ1n) is 11.0. The van der Waals surface area contributed by atoms with Crippen molar-refractivity contribution in [1.82, 2.24) is 25.0 Å². The Hall–Kier alpha value is -3.48. The van der Waals surface area contributed by atoms with Gasteiger partial charge in [-0.3, -0.25) is 9.59 Å². The van der Waals surface area contributed by atoms with E-state index in [0.29, 0.717) is 37.7 Å². The van der Waals surface area contributed by atoms with Gasteiger partial charge in [0, 0.05) is 19.6 Å². The number of rotatable bonds is 5. The van der Waals surface area contributed by atoms with E-state index in [0.717, 1.165) is 16.7 Å². The lowest BCUT2D eigenvalue weighted by molar-refractivity contribution is -0.132. The lowest BCUT2D eigenvalue weighted by Gasteiger charge is -2.24. The Morgan fingerprint density at radius 2 is 1.84 bits per heavy atom. The highest BCUT2D eigenvalue weighted by atomic mass is 16.2. The third kappa shape index (κ3) is 4.88. The Morgan fingerprint density at radius 3 is 2.56 bits per heavy atom. The van der Waals surface area contributed by atoms with Gasteiger partial charge in [-0.2, -0.15) is 5.10 Å². The minimum atomic E-state index is -0.313. The summed E-state index contributed by atoms with van der Waals surface area (Å²) >= 11 is 0. The van der Waals surface area contributed by atoms with Crippen molar-refractivity contribution in [2.45, 2.75) is 33.7 Å². The van der Waals surface area contributed by atoms with E-state index < -0.39 is 0 Å². The Labute approximate surface area is 188 Å². The van der Waals surface area contributed by atoms with Crippen LogP contribution in [0.1, 0.15) is 22.8 Å². The van der Waals surface area contributed by atoms with E-state index in [-0.39, 0.29) is 24.3 Å². The van der Waals surface area contributed by atoms with Gasteiger partial charge in [-0.05, 0) is 43.9 Å². The van der Waals surface area contributed by atoms with Crippen LogP contribution in [-0.2, 0) is 22.6 Å². The number of carbonyl (C=O) groups excluding carboxylic acids is 2. The second-order valence-electron chi connectivity index (χ2n) is 8.42. The van der Waals surface area contributed by atoms with Crippen LogP contribution in [0.3, 0.4) is 0 Å². The normalized spacial score (nSPS) is 16.5. The minimum Gasteiger partial charge on any atom is -0.354 e. The number of aryl methyl sites for hydroxylation is 3. The zero-order valence-electron chi connectivity index (χ0n) is 18.8. The zero-order valence-corrected chi connectivity index (χ0v) is 18.8. The number of benzene rings is 2. The molecule has 32 heavy (non-hydrogen) atoms. The summed E-state index contributed by atoms with van der Waals surface area (Å²) < 4.78 is 1.62. The van der Waals surface area contributed by atoms with E-state index >= 15 is 0 Å². The highest BCUT2D eigenvalue weighted by Gasteiger charge is 2.29. The van der Waals surface area contributed by atoms with E-state index in [1.807, 2.05) is 26.0 Å². The predicted octanol–water partition coefficient (Wildman–Crippen LogP) is 2.69. The number of hydrogen-bond donors (Lipinski definition) is 1. The van der Waals surface area contributed by atoms with Crippen molar-refractivity contribution < 1.29 is 9.59 Å². The topological polar surface area (TPSA) is 80.1 Å². The number of nitrogens with zero attached hydrogens (tertiary/aromatic N) is 4. The molecule has 1 atom stereocenters. The lowest BCUT2D eigenvalue weighted by atomic mass is 9.91. The highest BCUT2D eigenvalue weighted by molar-refractivity contribution is 5.82. The van der Waals surface area contributed by atoms with Crippen LogP contribution < -0.4 is 5.32 Å². The van der Waals surface area contributed by atoms with Gasteiger partial charge in [0.05, 0.1) is 5.92 Å². The van der Waals surface area contributed by atoms with E-state index in [4.69, 9.17) is 0 Å². The van der Waals surface area contributed by atoms with Gasteiger partial charge < -0.3 is 10.2 Å². The van der Waals surface area contributed by atoms with Gasteiger partial charge in [-0.1, -0.05) is 54.1 Å². The zero-order chi connectivity index (χ0) is 22.7. The molecule has 2 aromatic carbocycles. The van der Waals surface area contributed by atoms with Crippen molar-refractivity contribution in [3.63, 3.8) is 0 Å². The largest absolute Gasteiger partial charge is 0.354 e. The Bertz CT molecular complexity index is 1120. The number of aromatic nitrogens is 3. The van der Waals surface area contributed by atoms with Gasteiger partial charge in [0.15, 0.2) is 0 Å². The van der Waals surface area contributed by atoms with Crippen LogP contribution in [0.25, 0.3) is 11.1 Å². The van der Waals surface area contributed by atoms with Crippen LogP contribution in [0.5, 0.6) is 0 Å². The molecule has 2 heterocycles. The fourth-order valence-electron chi connectivity index (χ4n) is 4.20. The molecular weight excluding hydrogens is 402 g/mol. The molecule has 1 aromatic heterocycles. The molecule has 1 unspecified atom stereocenters. The van der Waals surface area contributed by atoms with Gasteiger partial charge in [0.25, 0.3) is 0 Å². The summed E-state index contributed by atoms with van der Waals surface area (Å²) in [6, 6.07) is 16.6. The molecule has 2 amide bonds. The maximum absolute atomic E-state index is 13.0. The molecule has 3 aromatic rings. The molecule has 0 radical (unpaired) electrons. The summed E-state index contributed by atoms with van der Waals surface area (Å²) in [5, 5.41) is 7.28.